The van der Waals surface area contributed by atoms with Gasteiger partial charge in [-0.25, -0.2) is 0 Å². The van der Waals surface area contributed by atoms with E-state index in [2.05, 4.69) is 22.5 Å². The number of nitrogens with one attached hydrogen (secondary N) is 2. The number of hydrogen-bond acceptors (Lipinski definition) is 1. The Bertz CT molecular complexity index is 278. The van der Waals surface area contributed by atoms with Crippen LogP contribution < -0.4 is 10.6 Å². The summed E-state index contributed by atoms with van der Waals surface area (Å²) in [6, 6.07) is 0. The van der Waals surface area contributed by atoms with E-state index in [1.54, 1.807) is 0 Å². The highest BCUT2D eigenvalue weighted by atomic mass is 127. The fourth-order valence-corrected chi connectivity index (χ4v) is 2.83. The second-order valence-corrected chi connectivity index (χ2v) is 6.15. The zero-order valence-electron chi connectivity index (χ0n) is 12.5. The molecule has 0 bridgehead atoms. The average molecular weight is 379 g/mol. The summed E-state index contributed by atoms with van der Waals surface area (Å²) < 4.78 is 0. The summed E-state index contributed by atoms with van der Waals surface area (Å²) in [5, 5.41) is 6.94. The second-order valence-electron chi connectivity index (χ2n) is 6.15. The van der Waals surface area contributed by atoms with Crippen molar-refractivity contribution in [2.24, 2.45) is 16.3 Å². The Morgan fingerprint density at radius 1 is 1.26 bits per heavy atom. The van der Waals surface area contributed by atoms with Gasteiger partial charge in [-0.2, -0.15) is 0 Å². The Morgan fingerprint density at radius 3 is 2.47 bits per heavy atom. The smallest absolute Gasteiger partial charge is 0.190 e. The van der Waals surface area contributed by atoms with Crippen LogP contribution in [0.4, 0.5) is 0 Å². The van der Waals surface area contributed by atoms with Crippen LogP contribution in [0.5, 0.6) is 0 Å². The lowest BCUT2D eigenvalue weighted by Gasteiger charge is -2.41. The van der Waals surface area contributed by atoms with E-state index in [1.165, 1.54) is 51.4 Å². The fraction of sp³-hybridized carbons (Fsp3) is 0.933. The van der Waals surface area contributed by atoms with Crippen molar-refractivity contribution in [1.29, 1.82) is 0 Å². The Labute approximate surface area is 135 Å². The maximum absolute atomic E-state index is 4.31. The Morgan fingerprint density at radius 2 is 2.00 bits per heavy atom. The SMILES string of the molecule is CCC1(CNC(=NC)NCCCC2CC2)CCC1.I. The van der Waals surface area contributed by atoms with E-state index in [0.29, 0.717) is 5.41 Å². The van der Waals surface area contributed by atoms with E-state index in [4.69, 9.17) is 0 Å². The van der Waals surface area contributed by atoms with Gasteiger partial charge in [-0.3, -0.25) is 4.99 Å². The van der Waals surface area contributed by atoms with Crippen LogP contribution in [0.15, 0.2) is 4.99 Å². The molecule has 0 aliphatic heterocycles. The Hall–Kier alpha value is 0. The largest absolute Gasteiger partial charge is 0.356 e. The van der Waals surface area contributed by atoms with Crippen LogP contribution in [0.2, 0.25) is 0 Å². The minimum absolute atomic E-state index is 0. The molecule has 19 heavy (non-hydrogen) atoms. The molecule has 4 heteroatoms. The number of aliphatic imine (C=N–C) groups is 1. The summed E-state index contributed by atoms with van der Waals surface area (Å²) in [5.74, 6) is 2.03. The van der Waals surface area contributed by atoms with Crippen molar-refractivity contribution in [3.8, 4) is 0 Å². The maximum atomic E-state index is 4.31. The lowest BCUT2D eigenvalue weighted by molar-refractivity contribution is 0.131. The van der Waals surface area contributed by atoms with Gasteiger partial charge >= 0.3 is 0 Å². The molecule has 0 radical (unpaired) electrons. The van der Waals surface area contributed by atoms with Crippen LogP contribution in [0.3, 0.4) is 0 Å². The Kier molecular flexibility index (Phi) is 7.47. The first-order valence-electron chi connectivity index (χ1n) is 7.72. The van der Waals surface area contributed by atoms with E-state index in [1.807, 2.05) is 7.05 Å². The third-order valence-corrected chi connectivity index (χ3v) is 4.80. The first kappa shape index (κ1) is 17.1. The molecule has 2 N–H and O–H groups in total. The van der Waals surface area contributed by atoms with Gasteiger partial charge in [-0.1, -0.05) is 26.2 Å². The van der Waals surface area contributed by atoms with Gasteiger partial charge in [0.25, 0.3) is 0 Å². The van der Waals surface area contributed by atoms with E-state index in [-0.39, 0.29) is 24.0 Å². The fourth-order valence-electron chi connectivity index (χ4n) is 2.83. The molecule has 2 fully saturated rings. The molecule has 0 saturated heterocycles. The van der Waals surface area contributed by atoms with Gasteiger partial charge in [-0.15, -0.1) is 24.0 Å². The summed E-state index contributed by atoms with van der Waals surface area (Å²) in [4.78, 5) is 4.31. The van der Waals surface area contributed by atoms with E-state index >= 15 is 0 Å². The monoisotopic (exact) mass is 379 g/mol. The van der Waals surface area contributed by atoms with Gasteiger partial charge in [0, 0.05) is 20.1 Å². The topological polar surface area (TPSA) is 36.4 Å². The van der Waals surface area contributed by atoms with Crippen molar-refractivity contribution < 1.29 is 0 Å². The molecule has 112 valence electrons. The van der Waals surface area contributed by atoms with Gasteiger partial charge in [0.15, 0.2) is 5.96 Å². The molecule has 0 heterocycles. The zero-order chi connectivity index (χ0) is 12.8. The molecule has 0 aromatic heterocycles. The van der Waals surface area contributed by atoms with Gasteiger partial charge in [-0.05, 0) is 43.4 Å². The number of halogens is 1. The maximum Gasteiger partial charge on any atom is 0.190 e. The third kappa shape index (κ3) is 5.48. The number of rotatable bonds is 7. The van der Waals surface area contributed by atoms with Gasteiger partial charge < -0.3 is 10.6 Å². The molecule has 2 aliphatic carbocycles. The van der Waals surface area contributed by atoms with Crippen molar-refractivity contribution in [2.45, 2.75) is 58.3 Å². The van der Waals surface area contributed by atoms with Crippen molar-refractivity contribution >= 4 is 29.9 Å². The minimum Gasteiger partial charge on any atom is -0.356 e. The van der Waals surface area contributed by atoms with Crippen LogP contribution in [0, 0.1) is 11.3 Å². The average Bonchev–Trinajstić information content (AvgIpc) is 3.15. The van der Waals surface area contributed by atoms with Crippen LogP contribution >= 0.6 is 24.0 Å². The third-order valence-electron chi connectivity index (χ3n) is 4.80. The zero-order valence-corrected chi connectivity index (χ0v) is 14.8. The molecule has 3 nitrogen and oxygen atoms in total. The lowest BCUT2D eigenvalue weighted by atomic mass is 9.67. The lowest BCUT2D eigenvalue weighted by Crippen LogP contribution is -2.46. The summed E-state index contributed by atoms with van der Waals surface area (Å²) in [6.45, 7) is 4.47. The molecule has 2 saturated carbocycles. The van der Waals surface area contributed by atoms with Crippen molar-refractivity contribution in [2.75, 3.05) is 20.1 Å². The minimum atomic E-state index is 0. The van der Waals surface area contributed by atoms with Gasteiger partial charge in [0.1, 0.15) is 0 Å². The molecule has 2 aliphatic rings. The molecule has 2 rings (SSSR count). The predicted octanol–water partition coefficient (Wildman–Crippen LogP) is 3.54. The molecular weight excluding hydrogens is 349 g/mol. The Balaban J connectivity index is 0.00000180. The summed E-state index contributed by atoms with van der Waals surface area (Å²) >= 11 is 0. The molecule has 0 aromatic rings. The molecule has 0 atom stereocenters. The number of guanidine groups is 1. The summed E-state index contributed by atoms with van der Waals surface area (Å²) in [5.41, 5.74) is 0.561. The number of nitrogens with zero attached hydrogens (tertiary/aromatic N) is 1. The highest BCUT2D eigenvalue weighted by molar-refractivity contribution is 14.0. The van der Waals surface area contributed by atoms with Crippen LogP contribution in [0.1, 0.15) is 58.3 Å². The highest BCUT2D eigenvalue weighted by Crippen LogP contribution is 2.42. The molecule has 0 unspecified atom stereocenters. The number of hydrogen-bond donors (Lipinski definition) is 2. The molecule has 0 spiro atoms. The van der Waals surface area contributed by atoms with Crippen LogP contribution in [0.25, 0.3) is 0 Å². The standard InChI is InChI=1S/C15H29N3.HI/c1-3-15(9-5-10-15)12-18-14(16-2)17-11-4-6-13-7-8-13;/h13H,3-12H2,1-2H3,(H2,16,17,18);1H. The van der Waals surface area contributed by atoms with Crippen molar-refractivity contribution in [3.63, 3.8) is 0 Å². The molecule has 0 aromatic carbocycles. The predicted molar refractivity (Wildman–Crippen MR) is 93.3 cm³/mol. The first-order chi connectivity index (χ1) is 8.78. The van der Waals surface area contributed by atoms with E-state index in [9.17, 15) is 0 Å². The summed E-state index contributed by atoms with van der Waals surface area (Å²) in [7, 11) is 1.87. The first-order valence-corrected chi connectivity index (χ1v) is 7.72. The second kappa shape index (κ2) is 8.32. The van der Waals surface area contributed by atoms with E-state index < -0.39 is 0 Å². The van der Waals surface area contributed by atoms with Crippen LogP contribution in [-0.2, 0) is 0 Å². The van der Waals surface area contributed by atoms with Crippen LogP contribution in [-0.4, -0.2) is 26.1 Å². The normalized spacial score (nSPS) is 21.3. The van der Waals surface area contributed by atoms with Crippen molar-refractivity contribution in [1.82, 2.24) is 10.6 Å². The molecular formula is C15H30IN3. The van der Waals surface area contributed by atoms with Crippen molar-refractivity contribution in [3.05, 3.63) is 0 Å². The van der Waals surface area contributed by atoms with Gasteiger partial charge in [0.05, 0.1) is 0 Å². The quantitative estimate of drug-likeness (QED) is 0.307. The summed E-state index contributed by atoms with van der Waals surface area (Å²) in [6.07, 6.45) is 11.1. The van der Waals surface area contributed by atoms with E-state index in [0.717, 1.165) is 25.0 Å². The molecule has 0 amide bonds. The van der Waals surface area contributed by atoms with Gasteiger partial charge in [0.2, 0.25) is 0 Å². The highest BCUT2D eigenvalue weighted by Gasteiger charge is 2.34.